The molecule has 130 valence electrons. The Labute approximate surface area is 141 Å². The lowest BCUT2D eigenvalue weighted by molar-refractivity contribution is 0.0521. The van der Waals surface area contributed by atoms with E-state index < -0.39 is 6.10 Å². The van der Waals surface area contributed by atoms with Crippen LogP contribution in [0.15, 0.2) is 18.2 Å². The summed E-state index contributed by atoms with van der Waals surface area (Å²) in [6.07, 6.45) is -0.640. The highest BCUT2D eigenvalue weighted by atomic mass is 16.5. The van der Waals surface area contributed by atoms with Crippen molar-refractivity contribution >= 4 is 16.8 Å². The second kappa shape index (κ2) is 6.45. The van der Waals surface area contributed by atoms with Gasteiger partial charge in [0.1, 0.15) is 5.75 Å². The fourth-order valence-corrected chi connectivity index (χ4v) is 3.45. The number of hydrogen-bond donors (Lipinski definition) is 1. The van der Waals surface area contributed by atoms with Crippen molar-refractivity contribution < 1.29 is 19.4 Å². The van der Waals surface area contributed by atoms with Gasteiger partial charge in [-0.2, -0.15) is 0 Å². The topological polar surface area (TPSA) is 63.9 Å². The first kappa shape index (κ1) is 16.8. The lowest BCUT2D eigenvalue weighted by Gasteiger charge is -2.29. The van der Waals surface area contributed by atoms with E-state index in [2.05, 4.69) is 0 Å². The second-order valence-electron chi connectivity index (χ2n) is 6.17. The standard InChI is InChI=1S/C18H24N2O4/c1-5-20(15-9-24-10-16(15)21)18(22)17-11(2)19(3)14-7-6-12(23-4)8-13(14)17/h6-8,15-16,21H,5,9-10H2,1-4H3. The number of carbonyl (C=O) groups is 1. The normalized spacial score (nSPS) is 20.5. The van der Waals surface area contributed by atoms with E-state index in [0.29, 0.717) is 18.7 Å². The third-order valence-corrected chi connectivity index (χ3v) is 4.94. The van der Waals surface area contributed by atoms with Crippen molar-refractivity contribution in [2.24, 2.45) is 7.05 Å². The Morgan fingerprint density at radius 3 is 2.79 bits per heavy atom. The number of likely N-dealkylation sites (N-methyl/N-ethyl adjacent to an activating group) is 1. The van der Waals surface area contributed by atoms with Gasteiger partial charge >= 0.3 is 0 Å². The van der Waals surface area contributed by atoms with Crippen molar-refractivity contribution in [3.8, 4) is 5.75 Å². The van der Waals surface area contributed by atoms with Gasteiger partial charge in [0.05, 0.1) is 38.0 Å². The molecule has 1 N–H and O–H groups in total. The van der Waals surface area contributed by atoms with Gasteiger partial charge in [-0.3, -0.25) is 4.79 Å². The number of nitrogens with zero attached hydrogens (tertiary/aromatic N) is 2. The zero-order valence-electron chi connectivity index (χ0n) is 14.6. The highest BCUT2D eigenvalue weighted by Crippen LogP contribution is 2.30. The van der Waals surface area contributed by atoms with E-state index in [9.17, 15) is 9.90 Å². The summed E-state index contributed by atoms with van der Waals surface area (Å²) in [5, 5.41) is 11.0. The maximum absolute atomic E-state index is 13.3. The molecule has 2 atom stereocenters. The molecule has 0 spiro atoms. The van der Waals surface area contributed by atoms with Gasteiger partial charge in [0.15, 0.2) is 0 Å². The molecule has 0 saturated carbocycles. The molecule has 6 nitrogen and oxygen atoms in total. The number of benzene rings is 1. The Morgan fingerprint density at radius 2 is 2.21 bits per heavy atom. The van der Waals surface area contributed by atoms with Crippen LogP contribution >= 0.6 is 0 Å². The van der Waals surface area contributed by atoms with Crippen LogP contribution < -0.4 is 4.74 Å². The number of amides is 1. The summed E-state index contributed by atoms with van der Waals surface area (Å²) in [5.74, 6) is 0.637. The number of carbonyl (C=O) groups excluding carboxylic acids is 1. The Hall–Kier alpha value is -2.05. The maximum Gasteiger partial charge on any atom is 0.256 e. The molecule has 2 heterocycles. The van der Waals surface area contributed by atoms with Crippen molar-refractivity contribution in [3.63, 3.8) is 0 Å². The summed E-state index contributed by atoms with van der Waals surface area (Å²) in [6, 6.07) is 5.44. The van der Waals surface area contributed by atoms with Gasteiger partial charge in [0.2, 0.25) is 0 Å². The lowest BCUT2D eigenvalue weighted by atomic mass is 10.1. The molecule has 0 bridgehead atoms. The van der Waals surface area contributed by atoms with Gasteiger partial charge in [0.25, 0.3) is 5.91 Å². The first-order chi connectivity index (χ1) is 11.5. The molecule has 1 saturated heterocycles. The summed E-state index contributed by atoms with van der Waals surface area (Å²) in [6.45, 7) is 5.02. The Kier molecular flexibility index (Phi) is 4.51. The van der Waals surface area contributed by atoms with Gasteiger partial charge in [0, 0.05) is 30.2 Å². The number of methoxy groups -OCH3 is 1. The molecule has 1 amide bonds. The smallest absolute Gasteiger partial charge is 0.256 e. The summed E-state index contributed by atoms with van der Waals surface area (Å²) >= 11 is 0. The number of hydrogen-bond acceptors (Lipinski definition) is 4. The van der Waals surface area contributed by atoms with Gasteiger partial charge in [-0.25, -0.2) is 0 Å². The molecule has 2 aromatic rings. The first-order valence-corrected chi connectivity index (χ1v) is 8.19. The number of aromatic nitrogens is 1. The molecule has 3 rings (SSSR count). The molecule has 1 aromatic heterocycles. The number of rotatable bonds is 4. The highest BCUT2D eigenvalue weighted by molar-refractivity contribution is 6.08. The predicted molar refractivity (Wildman–Crippen MR) is 91.5 cm³/mol. The second-order valence-corrected chi connectivity index (χ2v) is 6.17. The van der Waals surface area contributed by atoms with Crippen LogP contribution in [0.4, 0.5) is 0 Å². The molecule has 6 heteroatoms. The van der Waals surface area contributed by atoms with E-state index in [1.807, 2.05) is 43.7 Å². The maximum atomic E-state index is 13.3. The number of aliphatic hydroxyl groups excluding tert-OH is 1. The van der Waals surface area contributed by atoms with Gasteiger partial charge in [-0.1, -0.05) is 0 Å². The third-order valence-electron chi connectivity index (χ3n) is 4.94. The van der Waals surface area contributed by atoms with Crippen molar-refractivity contribution in [2.75, 3.05) is 26.9 Å². The monoisotopic (exact) mass is 332 g/mol. The minimum Gasteiger partial charge on any atom is -0.497 e. The lowest BCUT2D eigenvalue weighted by Crippen LogP contribution is -2.46. The largest absolute Gasteiger partial charge is 0.497 e. The Morgan fingerprint density at radius 1 is 1.46 bits per heavy atom. The van der Waals surface area contributed by atoms with Crippen molar-refractivity contribution in [1.82, 2.24) is 9.47 Å². The molecule has 1 aromatic carbocycles. The van der Waals surface area contributed by atoms with E-state index >= 15 is 0 Å². The Bertz CT molecular complexity index is 768. The number of fused-ring (bicyclic) bond motifs is 1. The van der Waals surface area contributed by atoms with Crippen LogP contribution in [-0.4, -0.2) is 59.5 Å². The van der Waals surface area contributed by atoms with E-state index in [1.165, 1.54) is 0 Å². The molecule has 1 fully saturated rings. The summed E-state index contributed by atoms with van der Waals surface area (Å²) in [7, 11) is 3.56. The molecule has 0 radical (unpaired) electrons. The summed E-state index contributed by atoms with van der Waals surface area (Å²) in [4.78, 5) is 15.0. The van der Waals surface area contributed by atoms with Crippen LogP contribution in [0.1, 0.15) is 23.0 Å². The van der Waals surface area contributed by atoms with Crippen LogP contribution in [0.25, 0.3) is 10.9 Å². The fourth-order valence-electron chi connectivity index (χ4n) is 3.45. The van der Waals surface area contributed by atoms with E-state index in [4.69, 9.17) is 9.47 Å². The van der Waals surface area contributed by atoms with Crippen LogP contribution in [0, 0.1) is 6.92 Å². The summed E-state index contributed by atoms with van der Waals surface area (Å²) < 4.78 is 12.7. The minimum atomic E-state index is -0.640. The van der Waals surface area contributed by atoms with E-state index in [1.54, 1.807) is 12.0 Å². The SMILES string of the molecule is CCN(C(=O)c1c(C)n(C)c2ccc(OC)cc12)C1COCC1O. The average Bonchev–Trinajstić information content (AvgIpc) is 3.10. The third kappa shape index (κ3) is 2.56. The van der Waals surface area contributed by atoms with Crippen molar-refractivity contribution in [1.29, 1.82) is 0 Å². The van der Waals surface area contributed by atoms with Crippen LogP contribution in [0.3, 0.4) is 0 Å². The molecule has 1 aliphatic heterocycles. The molecule has 24 heavy (non-hydrogen) atoms. The number of aryl methyl sites for hydroxylation is 1. The zero-order chi connectivity index (χ0) is 17.4. The summed E-state index contributed by atoms with van der Waals surface area (Å²) in [5.41, 5.74) is 2.54. The van der Waals surface area contributed by atoms with Crippen LogP contribution in [-0.2, 0) is 11.8 Å². The van der Waals surface area contributed by atoms with E-state index in [-0.39, 0.29) is 18.6 Å². The average molecular weight is 332 g/mol. The van der Waals surface area contributed by atoms with Gasteiger partial charge in [-0.15, -0.1) is 0 Å². The highest BCUT2D eigenvalue weighted by Gasteiger charge is 2.35. The number of aliphatic hydroxyl groups is 1. The number of ether oxygens (including phenoxy) is 2. The van der Waals surface area contributed by atoms with Crippen molar-refractivity contribution in [3.05, 3.63) is 29.5 Å². The van der Waals surface area contributed by atoms with Crippen LogP contribution in [0.2, 0.25) is 0 Å². The van der Waals surface area contributed by atoms with Crippen LogP contribution in [0.5, 0.6) is 5.75 Å². The van der Waals surface area contributed by atoms with Crippen molar-refractivity contribution in [2.45, 2.75) is 26.0 Å². The first-order valence-electron chi connectivity index (χ1n) is 8.19. The molecule has 0 aliphatic carbocycles. The predicted octanol–water partition coefficient (Wildman–Crippen LogP) is 1.72. The van der Waals surface area contributed by atoms with Gasteiger partial charge < -0.3 is 24.0 Å². The minimum absolute atomic E-state index is 0.0802. The zero-order valence-corrected chi connectivity index (χ0v) is 14.6. The molecular formula is C18H24N2O4. The molecular weight excluding hydrogens is 308 g/mol. The molecule has 1 aliphatic rings. The van der Waals surface area contributed by atoms with E-state index in [0.717, 1.165) is 22.3 Å². The fraction of sp³-hybridized carbons (Fsp3) is 0.500. The quantitative estimate of drug-likeness (QED) is 0.926. The Balaban J connectivity index is 2.10. The van der Waals surface area contributed by atoms with Gasteiger partial charge in [-0.05, 0) is 32.0 Å². The molecule has 2 unspecified atom stereocenters.